The summed E-state index contributed by atoms with van der Waals surface area (Å²) in [6, 6.07) is 22.0. The average molecular weight is 402 g/mol. The highest BCUT2D eigenvalue weighted by molar-refractivity contribution is 6.05. The fourth-order valence-corrected chi connectivity index (χ4v) is 3.05. The van der Waals surface area contributed by atoms with Crippen molar-refractivity contribution in [2.24, 2.45) is 0 Å². The Morgan fingerprint density at radius 3 is 2.33 bits per heavy atom. The summed E-state index contributed by atoms with van der Waals surface area (Å²) in [6.07, 6.45) is 0. The highest BCUT2D eigenvalue weighted by Crippen LogP contribution is 2.27. The molecule has 0 atom stereocenters. The Hall–Kier alpha value is -3.60. The van der Waals surface area contributed by atoms with Crippen LogP contribution in [-0.2, 0) is 4.79 Å². The van der Waals surface area contributed by atoms with E-state index in [-0.39, 0.29) is 18.4 Å². The number of hydrogen-bond acceptors (Lipinski definition) is 3. The van der Waals surface area contributed by atoms with Gasteiger partial charge in [0.1, 0.15) is 5.75 Å². The van der Waals surface area contributed by atoms with Crippen LogP contribution in [0.1, 0.15) is 41.3 Å². The van der Waals surface area contributed by atoms with Crippen LogP contribution in [0.4, 0.5) is 11.4 Å². The molecule has 154 valence electrons. The molecule has 3 aromatic rings. The number of nitrogens with one attached hydrogen (secondary N) is 2. The van der Waals surface area contributed by atoms with Crippen molar-refractivity contribution in [3.05, 3.63) is 89.5 Å². The second-order valence-corrected chi connectivity index (χ2v) is 7.43. The van der Waals surface area contributed by atoms with Crippen LogP contribution in [0, 0.1) is 6.92 Å². The molecule has 5 nitrogen and oxygen atoms in total. The lowest BCUT2D eigenvalue weighted by molar-refractivity contribution is -0.118. The van der Waals surface area contributed by atoms with Crippen molar-refractivity contribution in [3.63, 3.8) is 0 Å². The van der Waals surface area contributed by atoms with E-state index < -0.39 is 0 Å². The van der Waals surface area contributed by atoms with Crippen molar-refractivity contribution in [1.82, 2.24) is 0 Å². The number of carbonyl (C=O) groups is 2. The molecule has 0 spiro atoms. The van der Waals surface area contributed by atoms with Crippen molar-refractivity contribution in [2.75, 3.05) is 17.2 Å². The lowest BCUT2D eigenvalue weighted by Gasteiger charge is -2.15. The number of aryl methyl sites for hydroxylation is 1. The fourth-order valence-electron chi connectivity index (χ4n) is 3.05. The Morgan fingerprint density at radius 1 is 0.867 bits per heavy atom. The molecular weight excluding hydrogens is 376 g/mol. The lowest BCUT2D eigenvalue weighted by Crippen LogP contribution is -2.21. The van der Waals surface area contributed by atoms with E-state index in [1.54, 1.807) is 24.3 Å². The first-order valence-corrected chi connectivity index (χ1v) is 9.92. The predicted molar refractivity (Wildman–Crippen MR) is 120 cm³/mol. The summed E-state index contributed by atoms with van der Waals surface area (Å²) < 4.78 is 5.78. The molecule has 2 amide bonds. The van der Waals surface area contributed by atoms with Crippen molar-refractivity contribution in [1.29, 1.82) is 0 Å². The average Bonchev–Trinajstić information content (AvgIpc) is 2.73. The molecule has 0 saturated carbocycles. The molecule has 30 heavy (non-hydrogen) atoms. The molecule has 2 N–H and O–H groups in total. The third kappa shape index (κ3) is 5.70. The van der Waals surface area contributed by atoms with Gasteiger partial charge in [0.05, 0.1) is 0 Å². The van der Waals surface area contributed by atoms with Crippen LogP contribution in [0.15, 0.2) is 72.8 Å². The van der Waals surface area contributed by atoms with Gasteiger partial charge in [0.25, 0.3) is 11.8 Å². The zero-order chi connectivity index (χ0) is 21.5. The predicted octanol–water partition coefficient (Wildman–Crippen LogP) is 5.39. The second-order valence-electron chi connectivity index (χ2n) is 7.43. The van der Waals surface area contributed by atoms with Crippen LogP contribution in [0.25, 0.3) is 0 Å². The molecule has 0 aliphatic rings. The number of ether oxygens (including phenoxy) is 1. The zero-order valence-corrected chi connectivity index (χ0v) is 17.4. The topological polar surface area (TPSA) is 67.4 Å². The van der Waals surface area contributed by atoms with Crippen LogP contribution in [0.3, 0.4) is 0 Å². The zero-order valence-electron chi connectivity index (χ0n) is 17.4. The van der Waals surface area contributed by atoms with Crippen molar-refractivity contribution < 1.29 is 14.3 Å². The van der Waals surface area contributed by atoms with Crippen LogP contribution in [0.5, 0.6) is 5.75 Å². The van der Waals surface area contributed by atoms with E-state index in [4.69, 9.17) is 4.74 Å². The van der Waals surface area contributed by atoms with Gasteiger partial charge in [-0.2, -0.15) is 0 Å². The van der Waals surface area contributed by atoms with E-state index >= 15 is 0 Å². The molecule has 0 bridgehead atoms. The van der Waals surface area contributed by atoms with Crippen LogP contribution in [0.2, 0.25) is 0 Å². The van der Waals surface area contributed by atoms with E-state index in [0.717, 1.165) is 16.9 Å². The smallest absolute Gasteiger partial charge is 0.262 e. The van der Waals surface area contributed by atoms with Gasteiger partial charge in [-0.1, -0.05) is 50.2 Å². The normalized spacial score (nSPS) is 10.5. The Kier molecular flexibility index (Phi) is 6.86. The Morgan fingerprint density at radius 2 is 1.60 bits per heavy atom. The molecule has 0 radical (unpaired) electrons. The number of para-hydroxylation sites is 1. The number of benzene rings is 3. The van der Waals surface area contributed by atoms with E-state index in [9.17, 15) is 9.59 Å². The summed E-state index contributed by atoms with van der Waals surface area (Å²) >= 11 is 0. The Bertz CT molecular complexity index is 1030. The molecule has 0 aliphatic heterocycles. The largest absolute Gasteiger partial charge is 0.483 e. The number of hydrogen-bond donors (Lipinski definition) is 2. The number of carbonyl (C=O) groups excluding carboxylic acids is 2. The van der Waals surface area contributed by atoms with E-state index in [0.29, 0.717) is 22.9 Å². The molecule has 0 aliphatic carbocycles. The van der Waals surface area contributed by atoms with E-state index in [1.165, 1.54) is 0 Å². The summed E-state index contributed by atoms with van der Waals surface area (Å²) in [7, 11) is 0. The molecule has 0 heterocycles. The van der Waals surface area contributed by atoms with Gasteiger partial charge >= 0.3 is 0 Å². The molecule has 0 unspecified atom stereocenters. The highest BCUT2D eigenvalue weighted by atomic mass is 16.5. The van der Waals surface area contributed by atoms with Gasteiger partial charge in [-0.15, -0.1) is 0 Å². The second kappa shape index (κ2) is 9.74. The van der Waals surface area contributed by atoms with Crippen molar-refractivity contribution in [2.45, 2.75) is 26.7 Å². The summed E-state index contributed by atoms with van der Waals surface area (Å²) in [4.78, 5) is 24.8. The van der Waals surface area contributed by atoms with Gasteiger partial charge in [0, 0.05) is 16.9 Å². The van der Waals surface area contributed by atoms with Gasteiger partial charge in [-0.05, 0) is 60.4 Å². The third-order valence-electron chi connectivity index (χ3n) is 4.59. The number of rotatable bonds is 7. The summed E-state index contributed by atoms with van der Waals surface area (Å²) in [5.41, 5.74) is 3.85. The number of amides is 2. The summed E-state index contributed by atoms with van der Waals surface area (Å²) in [6.45, 7) is 6.06. The fraction of sp³-hybridized carbons (Fsp3) is 0.200. The van der Waals surface area contributed by atoms with Crippen molar-refractivity contribution in [3.8, 4) is 5.75 Å². The molecule has 3 aromatic carbocycles. The maximum absolute atomic E-state index is 12.4. The molecule has 5 heteroatoms. The summed E-state index contributed by atoms with van der Waals surface area (Å²) in [5, 5.41) is 5.62. The molecule has 0 fully saturated rings. The number of anilines is 2. The summed E-state index contributed by atoms with van der Waals surface area (Å²) in [5.74, 6) is 0.487. The minimum atomic E-state index is -0.285. The quantitative estimate of drug-likeness (QED) is 0.557. The van der Waals surface area contributed by atoms with Gasteiger partial charge in [0.15, 0.2) is 6.61 Å². The first kappa shape index (κ1) is 21.1. The van der Waals surface area contributed by atoms with Crippen LogP contribution < -0.4 is 15.4 Å². The van der Waals surface area contributed by atoms with Gasteiger partial charge in [-0.3, -0.25) is 9.59 Å². The van der Waals surface area contributed by atoms with Gasteiger partial charge < -0.3 is 15.4 Å². The third-order valence-corrected chi connectivity index (χ3v) is 4.59. The van der Waals surface area contributed by atoms with E-state index in [2.05, 4.69) is 24.5 Å². The highest BCUT2D eigenvalue weighted by Gasteiger charge is 2.12. The Labute approximate surface area is 177 Å². The van der Waals surface area contributed by atoms with Gasteiger partial charge in [-0.25, -0.2) is 0 Å². The maximum atomic E-state index is 12.4. The van der Waals surface area contributed by atoms with Crippen LogP contribution in [-0.4, -0.2) is 18.4 Å². The maximum Gasteiger partial charge on any atom is 0.262 e. The first-order chi connectivity index (χ1) is 14.4. The first-order valence-electron chi connectivity index (χ1n) is 9.92. The molecule has 0 saturated heterocycles. The van der Waals surface area contributed by atoms with Crippen molar-refractivity contribution >= 4 is 23.2 Å². The molecule has 0 aromatic heterocycles. The van der Waals surface area contributed by atoms with Crippen LogP contribution >= 0.6 is 0 Å². The lowest BCUT2D eigenvalue weighted by atomic mass is 10.0. The molecular formula is C25H26N2O3. The molecule has 3 rings (SSSR count). The van der Waals surface area contributed by atoms with E-state index in [1.807, 2.05) is 55.5 Å². The SMILES string of the molecule is Cc1ccc(C(C)C)c(OCC(=O)Nc2cccc(C(=O)Nc3ccccc3)c2)c1. The minimum Gasteiger partial charge on any atom is -0.483 e. The Balaban J connectivity index is 1.62. The minimum absolute atomic E-state index is 0.108. The standard InChI is InChI=1S/C25H26N2O3/c1-17(2)22-13-12-18(3)14-23(22)30-16-24(28)26-21-11-7-8-19(15-21)25(29)27-20-9-5-4-6-10-20/h4-15,17H,16H2,1-3H3,(H,26,28)(H,27,29). The van der Waals surface area contributed by atoms with Gasteiger partial charge in [0.2, 0.25) is 0 Å². The monoisotopic (exact) mass is 402 g/mol.